The Morgan fingerprint density at radius 3 is 2.59 bits per heavy atom. The number of carbonyl (C=O) groups excluding carboxylic acids is 2. The molecule has 0 spiro atoms. The average molecular weight is 390 g/mol. The van der Waals surface area contributed by atoms with E-state index in [2.05, 4.69) is 10.3 Å². The van der Waals surface area contributed by atoms with Crippen LogP contribution in [0.5, 0.6) is 5.75 Å². The molecule has 1 saturated carbocycles. The first-order valence-electron chi connectivity index (χ1n) is 9.72. The van der Waals surface area contributed by atoms with E-state index in [1.54, 1.807) is 6.07 Å². The molecule has 0 aliphatic heterocycles. The molecular formula is C23H22N2O4. The summed E-state index contributed by atoms with van der Waals surface area (Å²) in [6.45, 7) is 0.332. The van der Waals surface area contributed by atoms with Crippen LogP contribution in [0, 0.1) is 0 Å². The fourth-order valence-electron chi connectivity index (χ4n) is 3.09. The molecule has 0 bridgehead atoms. The SMILES string of the molecule is O=C(COC(=O)c1cc(C2CC2)nc2ccccc12)NCCOc1ccccc1. The fraction of sp³-hybridized carbons (Fsp3) is 0.261. The van der Waals surface area contributed by atoms with Gasteiger partial charge in [0, 0.05) is 17.0 Å². The number of hydrogen-bond donors (Lipinski definition) is 1. The van der Waals surface area contributed by atoms with Crippen LogP contribution < -0.4 is 10.1 Å². The van der Waals surface area contributed by atoms with Crippen molar-refractivity contribution in [1.82, 2.24) is 10.3 Å². The minimum atomic E-state index is -0.513. The van der Waals surface area contributed by atoms with E-state index in [9.17, 15) is 9.59 Å². The Morgan fingerprint density at radius 2 is 1.79 bits per heavy atom. The summed E-state index contributed by atoms with van der Waals surface area (Å²) in [5.74, 6) is 0.278. The highest BCUT2D eigenvalue weighted by atomic mass is 16.5. The lowest BCUT2D eigenvalue weighted by atomic mass is 10.1. The van der Waals surface area contributed by atoms with Gasteiger partial charge in [0.1, 0.15) is 12.4 Å². The van der Waals surface area contributed by atoms with E-state index in [1.807, 2.05) is 54.6 Å². The molecule has 1 N–H and O–H groups in total. The molecule has 4 rings (SSSR count). The van der Waals surface area contributed by atoms with Crippen molar-refractivity contribution in [3.63, 3.8) is 0 Å². The maximum atomic E-state index is 12.6. The van der Waals surface area contributed by atoms with Gasteiger partial charge < -0.3 is 14.8 Å². The highest BCUT2D eigenvalue weighted by molar-refractivity contribution is 6.04. The summed E-state index contributed by atoms with van der Waals surface area (Å²) < 4.78 is 10.8. The Labute approximate surface area is 168 Å². The van der Waals surface area contributed by atoms with E-state index in [-0.39, 0.29) is 12.5 Å². The minimum Gasteiger partial charge on any atom is -0.492 e. The second-order valence-electron chi connectivity index (χ2n) is 6.97. The van der Waals surface area contributed by atoms with Gasteiger partial charge in [0.25, 0.3) is 5.91 Å². The van der Waals surface area contributed by atoms with E-state index >= 15 is 0 Å². The number of esters is 1. The number of amides is 1. The summed E-state index contributed by atoms with van der Waals surface area (Å²) in [5.41, 5.74) is 2.14. The molecule has 1 fully saturated rings. The van der Waals surface area contributed by atoms with Gasteiger partial charge in [-0.05, 0) is 37.1 Å². The van der Waals surface area contributed by atoms with Gasteiger partial charge in [-0.25, -0.2) is 4.79 Å². The summed E-state index contributed by atoms with van der Waals surface area (Å²) in [5, 5.41) is 3.42. The number of nitrogens with one attached hydrogen (secondary N) is 1. The van der Waals surface area contributed by atoms with Crippen LogP contribution in [-0.4, -0.2) is 36.6 Å². The normalized spacial score (nSPS) is 13.1. The van der Waals surface area contributed by atoms with Crippen molar-refractivity contribution < 1.29 is 19.1 Å². The monoisotopic (exact) mass is 390 g/mol. The number of rotatable bonds is 8. The molecule has 0 radical (unpaired) electrons. The second kappa shape index (κ2) is 8.73. The van der Waals surface area contributed by atoms with Crippen LogP contribution in [0.25, 0.3) is 10.9 Å². The number of aromatic nitrogens is 1. The van der Waals surface area contributed by atoms with Crippen molar-refractivity contribution in [3.8, 4) is 5.75 Å². The van der Waals surface area contributed by atoms with Crippen molar-refractivity contribution in [3.05, 3.63) is 71.9 Å². The van der Waals surface area contributed by atoms with Gasteiger partial charge in [0.2, 0.25) is 0 Å². The molecule has 0 atom stereocenters. The number of carbonyl (C=O) groups is 2. The lowest BCUT2D eigenvalue weighted by Crippen LogP contribution is -2.32. The lowest BCUT2D eigenvalue weighted by molar-refractivity contribution is -0.124. The number of benzene rings is 2. The smallest absolute Gasteiger partial charge is 0.339 e. The van der Waals surface area contributed by atoms with Crippen molar-refractivity contribution >= 4 is 22.8 Å². The molecule has 3 aromatic rings. The van der Waals surface area contributed by atoms with E-state index in [4.69, 9.17) is 9.47 Å². The summed E-state index contributed by atoms with van der Waals surface area (Å²) >= 11 is 0. The number of nitrogens with zero attached hydrogens (tertiary/aromatic N) is 1. The first kappa shape index (κ1) is 18.9. The molecule has 6 heteroatoms. The van der Waals surface area contributed by atoms with Crippen LogP contribution in [0.3, 0.4) is 0 Å². The number of ether oxygens (including phenoxy) is 2. The first-order chi connectivity index (χ1) is 14.2. The zero-order chi connectivity index (χ0) is 20.1. The van der Waals surface area contributed by atoms with E-state index < -0.39 is 5.97 Å². The molecule has 2 aromatic carbocycles. The predicted octanol–water partition coefficient (Wildman–Crippen LogP) is 3.46. The Hall–Kier alpha value is -3.41. The fourth-order valence-corrected chi connectivity index (χ4v) is 3.09. The van der Waals surface area contributed by atoms with E-state index in [1.165, 1.54) is 0 Å². The maximum Gasteiger partial charge on any atom is 0.339 e. The van der Waals surface area contributed by atoms with Gasteiger partial charge in [0.05, 0.1) is 17.6 Å². The van der Waals surface area contributed by atoms with Gasteiger partial charge in [-0.15, -0.1) is 0 Å². The molecular weight excluding hydrogens is 368 g/mol. The van der Waals surface area contributed by atoms with Crippen molar-refractivity contribution in [2.45, 2.75) is 18.8 Å². The molecule has 0 saturated heterocycles. The van der Waals surface area contributed by atoms with Gasteiger partial charge in [0.15, 0.2) is 6.61 Å². The Balaban J connectivity index is 1.31. The largest absolute Gasteiger partial charge is 0.492 e. The van der Waals surface area contributed by atoms with Crippen LogP contribution in [-0.2, 0) is 9.53 Å². The molecule has 1 aliphatic rings. The second-order valence-corrected chi connectivity index (χ2v) is 6.97. The first-order valence-corrected chi connectivity index (χ1v) is 9.72. The van der Waals surface area contributed by atoms with E-state index in [0.717, 1.165) is 35.2 Å². The molecule has 1 amide bonds. The van der Waals surface area contributed by atoms with Crippen molar-refractivity contribution in [1.29, 1.82) is 0 Å². The van der Waals surface area contributed by atoms with Crippen LogP contribution in [0.1, 0.15) is 34.8 Å². The number of fused-ring (bicyclic) bond motifs is 1. The summed E-state index contributed by atoms with van der Waals surface area (Å²) in [6, 6.07) is 18.6. The third-order valence-corrected chi connectivity index (χ3v) is 4.72. The van der Waals surface area contributed by atoms with Gasteiger partial charge in [-0.3, -0.25) is 9.78 Å². The summed E-state index contributed by atoms with van der Waals surface area (Å²) in [6.07, 6.45) is 2.18. The van der Waals surface area contributed by atoms with Gasteiger partial charge in [-0.1, -0.05) is 36.4 Å². The Kier molecular flexibility index (Phi) is 5.70. The standard InChI is InChI=1S/C23H22N2O4/c26-22(24-12-13-28-17-6-2-1-3-7-17)15-29-23(27)19-14-21(16-10-11-16)25-20-9-5-4-8-18(19)20/h1-9,14,16H,10-13,15H2,(H,24,26). The zero-order valence-corrected chi connectivity index (χ0v) is 16.0. The molecule has 148 valence electrons. The maximum absolute atomic E-state index is 12.6. The molecule has 6 nitrogen and oxygen atoms in total. The van der Waals surface area contributed by atoms with Gasteiger partial charge in [-0.2, -0.15) is 0 Å². The molecule has 29 heavy (non-hydrogen) atoms. The molecule has 1 aliphatic carbocycles. The topological polar surface area (TPSA) is 77.5 Å². The van der Waals surface area contributed by atoms with Crippen LogP contribution in [0.4, 0.5) is 0 Å². The van der Waals surface area contributed by atoms with E-state index in [0.29, 0.717) is 24.6 Å². The third-order valence-electron chi connectivity index (χ3n) is 4.72. The number of para-hydroxylation sites is 2. The predicted molar refractivity (Wildman–Crippen MR) is 109 cm³/mol. The number of pyridine rings is 1. The highest BCUT2D eigenvalue weighted by Crippen LogP contribution is 2.40. The molecule has 1 heterocycles. The van der Waals surface area contributed by atoms with Crippen LogP contribution in [0.2, 0.25) is 0 Å². The van der Waals surface area contributed by atoms with Crippen molar-refractivity contribution in [2.75, 3.05) is 19.8 Å². The third kappa shape index (κ3) is 4.90. The minimum absolute atomic E-state index is 0.329. The average Bonchev–Trinajstić information content (AvgIpc) is 3.60. The molecule has 0 unspecified atom stereocenters. The van der Waals surface area contributed by atoms with Crippen LogP contribution >= 0.6 is 0 Å². The Bertz CT molecular complexity index is 1020. The van der Waals surface area contributed by atoms with Crippen LogP contribution in [0.15, 0.2) is 60.7 Å². The van der Waals surface area contributed by atoms with Gasteiger partial charge >= 0.3 is 5.97 Å². The number of hydrogen-bond acceptors (Lipinski definition) is 5. The van der Waals surface area contributed by atoms with Crippen molar-refractivity contribution in [2.24, 2.45) is 0 Å². The Morgan fingerprint density at radius 1 is 1.03 bits per heavy atom. The quantitative estimate of drug-likeness (QED) is 0.471. The highest BCUT2D eigenvalue weighted by Gasteiger charge is 2.27. The zero-order valence-electron chi connectivity index (χ0n) is 16.0. The summed E-state index contributed by atoms with van der Waals surface area (Å²) in [4.78, 5) is 29.3. The molecule has 1 aromatic heterocycles. The lowest BCUT2D eigenvalue weighted by Gasteiger charge is -2.10. The summed E-state index contributed by atoms with van der Waals surface area (Å²) in [7, 11) is 0.